The summed E-state index contributed by atoms with van der Waals surface area (Å²) >= 11 is 0. The fraction of sp³-hybridized carbons (Fsp3) is 0.350. The largest absolute Gasteiger partial charge is 0.497 e. The predicted molar refractivity (Wildman–Crippen MR) is 98.6 cm³/mol. The molecule has 2 rings (SSSR count). The Bertz CT molecular complexity index is 695. The molecule has 26 heavy (non-hydrogen) atoms. The number of aliphatic hydroxyl groups is 1. The van der Waals surface area contributed by atoms with Gasteiger partial charge in [0.05, 0.1) is 18.7 Å². The van der Waals surface area contributed by atoms with E-state index in [9.17, 15) is 5.11 Å². The Morgan fingerprint density at radius 3 is 2.19 bits per heavy atom. The molecule has 0 aliphatic rings. The van der Waals surface area contributed by atoms with Crippen LogP contribution in [0.5, 0.6) is 17.2 Å². The summed E-state index contributed by atoms with van der Waals surface area (Å²) in [5.41, 5.74) is 0.578. The fourth-order valence-corrected chi connectivity index (χ4v) is 2.31. The number of nitrogens with zero attached hydrogens (tertiary/aromatic N) is 2. The van der Waals surface area contributed by atoms with Crippen LogP contribution in [0.2, 0.25) is 0 Å². The molecular weight excluding hydrogens is 332 g/mol. The average molecular weight is 356 g/mol. The van der Waals surface area contributed by atoms with Gasteiger partial charge < -0.3 is 24.2 Å². The molecule has 0 heterocycles. The third kappa shape index (κ3) is 6.63. The van der Waals surface area contributed by atoms with Gasteiger partial charge >= 0.3 is 0 Å². The SMILES string of the molecule is COc1ccc(OCCN(C)C[C@@H](O)COc2ccc(C#N)cc2)cc1. The Balaban J connectivity index is 1.64. The second-order valence-electron chi connectivity index (χ2n) is 5.89. The molecule has 138 valence electrons. The van der Waals surface area contributed by atoms with Gasteiger partial charge in [-0.15, -0.1) is 0 Å². The van der Waals surface area contributed by atoms with Crippen molar-refractivity contribution in [2.24, 2.45) is 0 Å². The lowest BCUT2D eigenvalue weighted by molar-refractivity contribution is 0.0723. The van der Waals surface area contributed by atoms with Crippen molar-refractivity contribution in [2.45, 2.75) is 6.10 Å². The van der Waals surface area contributed by atoms with Crippen LogP contribution < -0.4 is 14.2 Å². The Kier molecular flexibility index (Phi) is 7.75. The minimum absolute atomic E-state index is 0.190. The van der Waals surface area contributed by atoms with E-state index in [1.165, 1.54) is 0 Å². The van der Waals surface area contributed by atoms with Gasteiger partial charge in [-0.2, -0.15) is 5.26 Å². The van der Waals surface area contributed by atoms with E-state index in [0.717, 1.165) is 11.5 Å². The Labute approximate surface area is 154 Å². The quantitative estimate of drug-likeness (QED) is 0.704. The summed E-state index contributed by atoms with van der Waals surface area (Å²) in [6.45, 7) is 1.86. The highest BCUT2D eigenvalue weighted by atomic mass is 16.5. The van der Waals surface area contributed by atoms with Crippen LogP contribution in [0, 0.1) is 11.3 Å². The summed E-state index contributed by atoms with van der Waals surface area (Å²) in [5.74, 6) is 2.21. The summed E-state index contributed by atoms with van der Waals surface area (Å²) in [7, 11) is 3.55. The van der Waals surface area contributed by atoms with Crippen molar-refractivity contribution in [3.63, 3.8) is 0 Å². The van der Waals surface area contributed by atoms with E-state index in [1.54, 1.807) is 31.4 Å². The maximum Gasteiger partial charge on any atom is 0.119 e. The van der Waals surface area contributed by atoms with Crippen molar-refractivity contribution in [1.82, 2.24) is 4.90 Å². The molecule has 6 nitrogen and oxygen atoms in total. The molecule has 0 spiro atoms. The van der Waals surface area contributed by atoms with Crippen molar-refractivity contribution in [1.29, 1.82) is 5.26 Å². The number of nitriles is 1. The number of ether oxygens (including phenoxy) is 3. The second kappa shape index (κ2) is 10.3. The van der Waals surface area contributed by atoms with Gasteiger partial charge in [0.2, 0.25) is 0 Å². The minimum atomic E-state index is -0.614. The van der Waals surface area contributed by atoms with E-state index in [0.29, 0.717) is 31.0 Å². The highest BCUT2D eigenvalue weighted by Gasteiger charge is 2.09. The third-order valence-corrected chi connectivity index (χ3v) is 3.75. The van der Waals surface area contributed by atoms with Gasteiger partial charge in [0.15, 0.2) is 0 Å². The molecule has 0 bridgehead atoms. The molecular formula is C20H24N2O4. The van der Waals surface area contributed by atoms with E-state index in [1.807, 2.05) is 36.2 Å². The number of hydrogen-bond acceptors (Lipinski definition) is 6. The first-order valence-corrected chi connectivity index (χ1v) is 8.37. The van der Waals surface area contributed by atoms with Crippen LogP contribution in [-0.2, 0) is 0 Å². The van der Waals surface area contributed by atoms with Gasteiger partial charge in [-0.25, -0.2) is 0 Å². The zero-order valence-corrected chi connectivity index (χ0v) is 15.1. The smallest absolute Gasteiger partial charge is 0.119 e. The lowest BCUT2D eigenvalue weighted by Gasteiger charge is -2.21. The Hall–Kier alpha value is -2.75. The molecule has 6 heteroatoms. The molecule has 0 aromatic heterocycles. The Morgan fingerprint density at radius 1 is 1.00 bits per heavy atom. The average Bonchev–Trinajstić information content (AvgIpc) is 2.67. The summed E-state index contributed by atoms with van der Waals surface area (Å²) in [5, 5.41) is 18.8. The van der Waals surface area contributed by atoms with Crippen LogP contribution in [0.4, 0.5) is 0 Å². The third-order valence-electron chi connectivity index (χ3n) is 3.75. The molecule has 0 unspecified atom stereocenters. The van der Waals surface area contributed by atoms with Crippen molar-refractivity contribution in [3.05, 3.63) is 54.1 Å². The second-order valence-corrected chi connectivity index (χ2v) is 5.89. The summed E-state index contributed by atoms with van der Waals surface area (Å²) in [6, 6.07) is 16.3. The standard InChI is InChI=1S/C20H24N2O4/c1-22(11-12-25-19-9-7-18(24-2)8-10-19)14-17(23)15-26-20-5-3-16(13-21)4-6-20/h3-10,17,23H,11-12,14-15H2,1-2H3/t17-/m1/s1. The number of aliphatic hydroxyl groups excluding tert-OH is 1. The van der Waals surface area contributed by atoms with E-state index in [-0.39, 0.29) is 6.61 Å². The molecule has 0 saturated carbocycles. The molecule has 0 aliphatic heterocycles. The van der Waals surface area contributed by atoms with Crippen LogP contribution in [0.3, 0.4) is 0 Å². The monoisotopic (exact) mass is 356 g/mol. The molecule has 0 radical (unpaired) electrons. The number of hydrogen-bond donors (Lipinski definition) is 1. The van der Waals surface area contributed by atoms with Crippen LogP contribution in [0.1, 0.15) is 5.56 Å². The summed E-state index contributed by atoms with van der Waals surface area (Å²) < 4.78 is 16.3. The predicted octanol–water partition coefficient (Wildman–Crippen LogP) is 2.32. The van der Waals surface area contributed by atoms with Crippen molar-refractivity contribution in [2.75, 3.05) is 40.5 Å². The number of likely N-dealkylation sites (N-methyl/N-ethyl adjacent to an activating group) is 1. The van der Waals surface area contributed by atoms with E-state index >= 15 is 0 Å². The van der Waals surface area contributed by atoms with Gasteiger partial charge in [0, 0.05) is 13.1 Å². The molecule has 1 N–H and O–H groups in total. The maximum absolute atomic E-state index is 10.1. The first-order chi connectivity index (χ1) is 12.6. The van der Waals surface area contributed by atoms with E-state index in [4.69, 9.17) is 19.5 Å². The molecule has 0 aliphatic carbocycles. The molecule has 0 amide bonds. The first-order valence-electron chi connectivity index (χ1n) is 8.37. The molecule has 2 aromatic rings. The highest BCUT2D eigenvalue weighted by molar-refractivity contribution is 5.34. The van der Waals surface area contributed by atoms with E-state index in [2.05, 4.69) is 6.07 Å². The van der Waals surface area contributed by atoms with Crippen molar-refractivity contribution >= 4 is 0 Å². The van der Waals surface area contributed by atoms with Gasteiger partial charge in [-0.05, 0) is 55.6 Å². The molecule has 0 fully saturated rings. The maximum atomic E-state index is 10.1. The Morgan fingerprint density at radius 2 is 1.58 bits per heavy atom. The summed E-state index contributed by atoms with van der Waals surface area (Å²) in [4.78, 5) is 1.98. The van der Waals surface area contributed by atoms with Gasteiger partial charge in [0.1, 0.15) is 36.6 Å². The highest BCUT2D eigenvalue weighted by Crippen LogP contribution is 2.17. The normalized spacial score (nSPS) is 11.7. The fourth-order valence-electron chi connectivity index (χ4n) is 2.31. The number of methoxy groups -OCH3 is 1. The van der Waals surface area contributed by atoms with Gasteiger partial charge in [-0.3, -0.25) is 0 Å². The number of benzene rings is 2. The molecule has 0 saturated heterocycles. The van der Waals surface area contributed by atoms with Gasteiger partial charge in [-0.1, -0.05) is 0 Å². The van der Waals surface area contributed by atoms with Crippen LogP contribution in [0.15, 0.2) is 48.5 Å². The molecule has 1 atom stereocenters. The van der Waals surface area contributed by atoms with Crippen LogP contribution in [-0.4, -0.2) is 56.6 Å². The van der Waals surface area contributed by atoms with Crippen molar-refractivity contribution < 1.29 is 19.3 Å². The first kappa shape index (κ1) is 19.6. The minimum Gasteiger partial charge on any atom is -0.497 e. The van der Waals surface area contributed by atoms with Crippen LogP contribution in [0.25, 0.3) is 0 Å². The zero-order chi connectivity index (χ0) is 18.8. The molecule has 2 aromatic carbocycles. The topological polar surface area (TPSA) is 75.0 Å². The summed E-state index contributed by atoms with van der Waals surface area (Å²) in [6.07, 6.45) is -0.614. The zero-order valence-electron chi connectivity index (χ0n) is 15.1. The lowest BCUT2D eigenvalue weighted by atomic mass is 10.2. The van der Waals surface area contributed by atoms with Crippen LogP contribution >= 0.6 is 0 Å². The lowest BCUT2D eigenvalue weighted by Crippen LogP contribution is -2.35. The number of rotatable bonds is 10. The van der Waals surface area contributed by atoms with Crippen molar-refractivity contribution in [3.8, 4) is 23.3 Å². The van der Waals surface area contributed by atoms with Gasteiger partial charge in [0.25, 0.3) is 0 Å². The van der Waals surface area contributed by atoms with E-state index < -0.39 is 6.10 Å².